The third-order valence-corrected chi connectivity index (χ3v) is 4.13. The average molecular weight is 277 g/mol. The van der Waals surface area contributed by atoms with E-state index in [2.05, 4.69) is 38.2 Å². The average Bonchev–Trinajstić information content (AvgIpc) is 2.93. The zero-order valence-corrected chi connectivity index (χ0v) is 13.2. The number of methoxy groups -OCH3 is 1. The highest BCUT2D eigenvalue weighted by Gasteiger charge is 2.23. The summed E-state index contributed by atoms with van der Waals surface area (Å²) in [6.07, 6.45) is 3.85. The lowest BCUT2D eigenvalue weighted by atomic mass is 9.93. The van der Waals surface area contributed by atoms with Crippen molar-refractivity contribution in [2.75, 3.05) is 20.3 Å². The Morgan fingerprint density at radius 1 is 1.35 bits per heavy atom. The zero-order valence-electron chi connectivity index (χ0n) is 13.2. The number of rotatable bonds is 6. The van der Waals surface area contributed by atoms with Gasteiger partial charge < -0.3 is 14.8 Å². The SMILES string of the molecule is CCNC(CC1CCCO1)c1cc(C)c(OC)cc1C. The molecular weight excluding hydrogens is 250 g/mol. The van der Waals surface area contributed by atoms with Crippen LogP contribution in [-0.4, -0.2) is 26.4 Å². The first-order valence-corrected chi connectivity index (χ1v) is 7.65. The van der Waals surface area contributed by atoms with Gasteiger partial charge in [0.25, 0.3) is 0 Å². The van der Waals surface area contributed by atoms with E-state index in [4.69, 9.17) is 9.47 Å². The first kappa shape index (κ1) is 15.3. The summed E-state index contributed by atoms with van der Waals surface area (Å²) in [6, 6.07) is 4.77. The Morgan fingerprint density at radius 3 is 2.75 bits per heavy atom. The van der Waals surface area contributed by atoms with Crippen molar-refractivity contribution in [2.45, 2.75) is 52.2 Å². The molecule has 3 heteroatoms. The molecule has 2 atom stereocenters. The van der Waals surface area contributed by atoms with Gasteiger partial charge in [0.2, 0.25) is 0 Å². The molecule has 0 saturated carbocycles. The molecule has 2 rings (SSSR count). The largest absolute Gasteiger partial charge is 0.496 e. The third-order valence-electron chi connectivity index (χ3n) is 4.13. The Bertz CT molecular complexity index is 439. The van der Waals surface area contributed by atoms with Crippen molar-refractivity contribution < 1.29 is 9.47 Å². The summed E-state index contributed by atoms with van der Waals surface area (Å²) in [7, 11) is 1.73. The zero-order chi connectivity index (χ0) is 14.5. The molecule has 0 radical (unpaired) electrons. The van der Waals surface area contributed by atoms with Crippen molar-refractivity contribution in [2.24, 2.45) is 0 Å². The summed E-state index contributed by atoms with van der Waals surface area (Å²) >= 11 is 0. The molecule has 20 heavy (non-hydrogen) atoms. The van der Waals surface area contributed by atoms with E-state index >= 15 is 0 Å². The van der Waals surface area contributed by atoms with Crippen LogP contribution < -0.4 is 10.1 Å². The van der Waals surface area contributed by atoms with Gasteiger partial charge in [0.15, 0.2) is 0 Å². The second kappa shape index (κ2) is 7.09. The van der Waals surface area contributed by atoms with Crippen LogP contribution in [0.4, 0.5) is 0 Å². The molecule has 1 saturated heterocycles. The number of nitrogens with one attached hydrogen (secondary N) is 1. The molecule has 1 aromatic carbocycles. The Kier molecular flexibility index (Phi) is 5.44. The van der Waals surface area contributed by atoms with Crippen LogP contribution in [0.5, 0.6) is 5.75 Å². The molecule has 112 valence electrons. The molecule has 1 N–H and O–H groups in total. The van der Waals surface area contributed by atoms with Crippen molar-refractivity contribution in [1.29, 1.82) is 0 Å². The van der Waals surface area contributed by atoms with E-state index in [1.807, 2.05) is 0 Å². The summed E-state index contributed by atoms with van der Waals surface area (Å²) in [5, 5.41) is 3.61. The van der Waals surface area contributed by atoms with E-state index in [0.717, 1.165) is 25.3 Å². The van der Waals surface area contributed by atoms with Crippen LogP contribution >= 0.6 is 0 Å². The topological polar surface area (TPSA) is 30.5 Å². The van der Waals surface area contributed by atoms with Crippen molar-refractivity contribution >= 4 is 0 Å². The van der Waals surface area contributed by atoms with Crippen molar-refractivity contribution in [3.05, 3.63) is 28.8 Å². The van der Waals surface area contributed by atoms with Gasteiger partial charge in [-0.05, 0) is 62.4 Å². The number of hydrogen-bond acceptors (Lipinski definition) is 3. The fourth-order valence-electron chi connectivity index (χ4n) is 3.07. The second-order valence-corrected chi connectivity index (χ2v) is 5.66. The van der Waals surface area contributed by atoms with E-state index < -0.39 is 0 Å². The molecule has 3 nitrogen and oxygen atoms in total. The highest BCUT2D eigenvalue weighted by Crippen LogP contribution is 2.31. The Morgan fingerprint density at radius 2 is 2.15 bits per heavy atom. The van der Waals surface area contributed by atoms with Crippen molar-refractivity contribution in [1.82, 2.24) is 5.32 Å². The normalized spacial score (nSPS) is 20.1. The Hall–Kier alpha value is -1.06. The van der Waals surface area contributed by atoms with Gasteiger partial charge >= 0.3 is 0 Å². The van der Waals surface area contributed by atoms with Crippen LogP contribution in [0.1, 0.15) is 48.9 Å². The molecule has 1 heterocycles. The van der Waals surface area contributed by atoms with E-state index in [9.17, 15) is 0 Å². The van der Waals surface area contributed by atoms with Crippen molar-refractivity contribution in [3.8, 4) is 5.75 Å². The quantitative estimate of drug-likeness (QED) is 0.863. The maximum absolute atomic E-state index is 5.80. The lowest BCUT2D eigenvalue weighted by Gasteiger charge is -2.24. The van der Waals surface area contributed by atoms with Crippen LogP contribution in [0.25, 0.3) is 0 Å². The van der Waals surface area contributed by atoms with E-state index in [-0.39, 0.29) is 0 Å². The fourth-order valence-corrected chi connectivity index (χ4v) is 3.07. The predicted octanol–water partition coefficient (Wildman–Crippen LogP) is 3.53. The molecule has 1 aromatic rings. The fraction of sp³-hybridized carbons (Fsp3) is 0.647. The van der Waals surface area contributed by atoms with Crippen molar-refractivity contribution in [3.63, 3.8) is 0 Å². The first-order chi connectivity index (χ1) is 9.65. The summed E-state index contributed by atoms with van der Waals surface area (Å²) < 4.78 is 11.2. The van der Waals surface area contributed by atoms with Gasteiger partial charge in [0, 0.05) is 12.6 Å². The highest BCUT2D eigenvalue weighted by molar-refractivity contribution is 5.43. The second-order valence-electron chi connectivity index (χ2n) is 5.66. The number of aryl methyl sites for hydroxylation is 2. The van der Waals surface area contributed by atoms with Gasteiger partial charge in [-0.15, -0.1) is 0 Å². The summed E-state index contributed by atoms with van der Waals surface area (Å²) in [4.78, 5) is 0. The molecule has 2 unspecified atom stereocenters. The summed E-state index contributed by atoms with van der Waals surface area (Å²) in [6.45, 7) is 8.33. The van der Waals surface area contributed by atoms with Crippen LogP contribution in [0.15, 0.2) is 12.1 Å². The molecule has 1 aliphatic rings. The van der Waals surface area contributed by atoms with Crippen LogP contribution in [0.2, 0.25) is 0 Å². The maximum atomic E-state index is 5.80. The third kappa shape index (κ3) is 3.53. The molecule has 0 aliphatic carbocycles. The molecule has 0 spiro atoms. The van der Waals surface area contributed by atoms with Gasteiger partial charge in [-0.1, -0.05) is 13.0 Å². The molecule has 0 bridgehead atoms. The van der Waals surface area contributed by atoms with E-state index in [1.54, 1.807) is 7.11 Å². The number of hydrogen-bond donors (Lipinski definition) is 1. The molecule has 0 aromatic heterocycles. The van der Waals surface area contributed by atoms with E-state index in [0.29, 0.717) is 12.1 Å². The van der Waals surface area contributed by atoms with Crippen LogP contribution in [-0.2, 0) is 4.74 Å². The molecular formula is C17H27NO2. The van der Waals surface area contributed by atoms with Gasteiger partial charge in [-0.2, -0.15) is 0 Å². The summed E-state index contributed by atoms with van der Waals surface area (Å²) in [5.41, 5.74) is 3.86. The monoisotopic (exact) mass is 277 g/mol. The van der Waals surface area contributed by atoms with Gasteiger partial charge in [0.1, 0.15) is 5.75 Å². The van der Waals surface area contributed by atoms with Gasteiger partial charge in [0.05, 0.1) is 13.2 Å². The number of ether oxygens (including phenoxy) is 2. The van der Waals surface area contributed by atoms with E-state index in [1.165, 1.54) is 29.5 Å². The summed E-state index contributed by atoms with van der Waals surface area (Å²) in [5.74, 6) is 0.971. The van der Waals surface area contributed by atoms with Crippen LogP contribution in [0.3, 0.4) is 0 Å². The predicted molar refractivity (Wildman–Crippen MR) is 82.5 cm³/mol. The minimum Gasteiger partial charge on any atom is -0.496 e. The number of benzene rings is 1. The smallest absolute Gasteiger partial charge is 0.122 e. The minimum atomic E-state index is 0.368. The van der Waals surface area contributed by atoms with Gasteiger partial charge in [-0.3, -0.25) is 0 Å². The molecule has 1 fully saturated rings. The molecule has 1 aliphatic heterocycles. The Balaban J connectivity index is 2.21. The van der Waals surface area contributed by atoms with Gasteiger partial charge in [-0.25, -0.2) is 0 Å². The highest BCUT2D eigenvalue weighted by atomic mass is 16.5. The Labute approximate surface area is 122 Å². The molecule has 0 amide bonds. The van der Waals surface area contributed by atoms with Crippen LogP contribution in [0, 0.1) is 13.8 Å². The lowest BCUT2D eigenvalue weighted by molar-refractivity contribution is 0.0947. The first-order valence-electron chi connectivity index (χ1n) is 7.65. The lowest BCUT2D eigenvalue weighted by Crippen LogP contribution is -2.26. The maximum Gasteiger partial charge on any atom is 0.122 e. The standard InChI is InChI=1S/C17H27NO2/c1-5-18-16(11-14-7-6-8-20-14)15-9-13(3)17(19-4)10-12(15)2/h9-10,14,16,18H,5-8,11H2,1-4H3. The minimum absolute atomic E-state index is 0.368.